The topological polar surface area (TPSA) is 59.1 Å². The van der Waals surface area contributed by atoms with Gasteiger partial charge in [-0.2, -0.15) is 0 Å². The van der Waals surface area contributed by atoms with Gasteiger partial charge in [0.2, 0.25) is 0 Å². The molecule has 0 fully saturated rings. The van der Waals surface area contributed by atoms with Crippen molar-refractivity contribution in [2.75, 3.05) is 6.61 Å². The Morgan fingerprint density at radius 1 is 1.42 bits per heavy atom. The molecule has 0 aliphatic rings. The number of benzene rings is 1. The maximum absolute atomic E-state index is 7.53. The summed E-state index contributed by atoms with van der Waals surface area (Å²) in [6.07, 6.45) is 0.732. The first-order chi connectivity index (χ1) is 8.74. The Morgan fingerprint density at radius 3 is 2.58 bits per heavy atom. The Kier molecular flexibility index (Phi) is 5.41. The van der Waals surface area contributed by atoms with Crippen molar-refractivity contribution in [1.82, 2.24) is 0 Å². The van der Waals surface area contributed by atoms with Crippen LogP contribution in [0, 0.1) is 10.8 Å². The smallest absolute Gasteiger partial charge is 0.122 e. The van der Waals surface area contributed by atoms with Crippen LogP contribution in [0.1, 0.15) is 45.6 Å². The average Bonchev–Trinajstić information content (AvgIpc) is 2.30. The number of nitrogens with two attached hydrogens (primary N) is 1. The second kappa shape index (κ2) is 6.42. The molecule has 0 radical (unpaired) electrons. The highest BCUT2D eigenvalue weighted by atomic mass is 79.9. The van der Waals surface area contributed by atoms with Gasteiger partial charge in [-0.25, -0.2) is 0 Å². The van der Waals surface area contributed by atoms with Crippen LogP contribution in [0.3, 0.4) is 0 Å². The molecule has 0 unspecified atom stereocenters. The van der Waals surface area contributed by atoms with Crippen molar-refractivity contribution in [1.29, 1.82) is 5.41 Å². The first-order valence-corrected chi connectivity index (χ1v) is 7.30. The first-order valence-electron chi connectivity index (χ1n) is 6.51. The molecule has 0 heterocycles. The Bertz CT molecular complexity index is 455. The zero-order valence-electron chi connectivity index (χ0n) is 12.1. The van der Waals surface area contributed by atoms with E-state index in [1.54, 1.807) is 0 Å². The molecule has 3 nitrogen and oxygen atoms in total. The summed E-state index contributed by atoms with van der Waals surface area (Å²) in [6, 6.07) is 6.06. The second-order valence-corrected chi connectivity index (χ2v) is 6.65. The van der Waals surface area contributed by atoms with Gasteiger partial charge in [-0.3, -0.25) is 5.41 Å². The van der Waals surface area contributed by atoms with E-state index in [1.807, 2.05) is 26.0 Å². The number of nitrogens with one attached hydrogen (secondary N) is 1. The van der Waals surface area contributed by atoms with E-state index >= 15 is 0 Å². The SMILES string of the molecule is CC(C)c1cc(Br)ccc1OCCC(C)(C)C(=N)N. The Labute approximate surface area is 124 Å². The van der Waals surface area contributed by atoms with Gasteiger partial charge in [0.15, 0.2) is 0 Å². The minimum atomic E-state index is -0.312. The summed E-state index contributed by atoms with van der Waals surface area (Å²) >= 11 is 3.48. The molecule has 0 bridgehead atoms. The van der Waals surface area contributed by atoms with Crippen LogP contribution in [0.25, 0.3) is 0 Å². The number of rotatable bonds is 6. The maximum Gasteiger partial charge on any atom is 0.122 e. The molecule has 0 spiro atoms. The number of ether oxygens (including phenoxy) is 1. The molecule has 1 rings (SSSR count). The summed E-state index contributed by atoms with van der Waals surface area (Å²) in [6.45, 7) is 8.78. The number of hydrogen-bond donors (Lipinski definition) is 2. The Morgan fingerprint density at radius 2 is 2.05 bits per heavy atom. The third-order valence-corrected chi connectivity index (χ3v) is 3.80. The van der Waals surface area contributed by atoms with Crippen molar-refractivity contribution in [2.45, 2.75) is 40.0 Å². The lowest BCUT2D eigenvalue weighted by Crippen LogP contribution is -2.32. The van der Waals surface area contributed by atoms with Gasteiger partial charge < -0.3 is 10.5 Å². The summed E-state index contributed by atoms with van der Waals surface area (Å²) in [4.78, 5) is 0. The number of amidine groups is 1. The standard InChI is InChI=1S/C15H23BrN2O/c1-10(2)12-9-11(16)5-6-13(12)19-8-7-15(3,4)14(17)18/h5-6,9-10H,7-8H2,1-4H3,(H3,17,18). The van der Waals surface area contributed by atoms with Crippen LogP contribution in [0.2, 0.25) is 0 Å². The van der Waals surface area contributed by atoms with Gasteiger partial charge in [0, 0.05) is 9.89 Å². The molecule has 1 aromatic rings. The quantitative estimate of drug-likeness (QED) is 0.604. The van der Waals surface area contributed by atoms with Crippen LogP contribution >= 0.6 is 15.9 Å². The van der Waals surface area contributed by atoms with Crippen molar-refractivity contribution in [3.8, 4) is 5.75 Å². The van der Waals surface area contributed by atoms with E-state index in [4.69, 9.17) is 15.9 Å². The van der Waals surface area contributed by atoms with Gasteiger partial charge in [0.25, 0.3) is 0 Å². The van der Waals surface area contributed by atoms with Crippen LogP contribution in [-0.2, 0) is 0 Å². The van der Waals surface area contributed by atoms with Gasteiger partial charge >= 0.3 is 0 Å². The normalized spacial score (nSPS) is 11.7. The Balaban J connectivity index is 2.71. The van der Waals surface area contributed by atoms with E-state index in [-0.39, 0.29) is 11.3 Å². The highest BCUT2D eigenvalue weighted by Gasteiger charge is 2.21. The summed E-state index contributed by atoms with van der Waals surface area (Å²) in [5.41, 5.74) is 6.45. The second-order valence-electron chi connectivity index (χ2n) is 5.73. The van der Waals surface area contributed by atoms with Crippen molar-refractivity contribution in [3.05, 3.63) is 28.2 Å². The summed E-state index contributed by atoms with van der Waals surface area (Å²) in [5.74, 6) is 1.53. The lowest BCUT2D eigenvalue weighted by Gasteiger charge is -2.23. The van der Waals surface area contributed by atoms with E-state index < -0.39 is 0 Å². The number of halogens is 1. The highest BCUT2D eigenvalue weighted by Crippen LogP contribution is 2.30. The van der Waals surface area contributed by atoms with Gasteiger partial charge in [-0.1, -0.05) is 43.6 Å². The molecular formula is C15H23BrN2O. The molecule has 0 saturated heterocycles. The molecule has 0 amide bonds. The van der Waals surface area contributed by atoms with E-state index in [0.29, 0.717) is 12.5 Å². The first kappa shape index (κ1) is 16.0. The molecule has 106 valence electrons. The van der Waals surface area contributed by atoms with E-state index in [1.165, 1.54) is 5.56 Å². The molecule has 19 heavy (non-hydrogen) atoms. The lowest BCUT2D eigenvalue weighted by molar-refractivity contribution is 0.266. The summed E-state index contributed by atoms with van der Waals surface area (Å²) < 4.78 is 6.93. The predicted molar refractivity (Wildman–Crippen MR) is 84.0 cm³/mol. The van der Waals surface area contributed by atoms with Gasteiger partial charge in [-0.15, -0.1) is 0 Å². The summed E-state index contributed by atoms with van der Waals surface area (Å²) in [5, 5.41) is 7.53. The average molecular weight is 327 g/mol. The van der Waals surface area contributed by atoms with E-state index in [9.17, 15) is 0 Å². The van der Waals surface area contributed by atoms with Gasteiger partial charge in [-0.05, 0) is 36.1 Å². The zero-order valence-corrected chi connectivity index (χ0v) is 13.7. The largest absolute Gasteiger partial charge is 0.493 e. The molecule has 0 atom stereocenters. The van der Waals surface area contributed by atoms with Crippen LogP contribution in [0.4, 0.5) is 0 Å². The van der Waals surface area contributed by atoms with Gasteiger partial charge in [0.1, 0.15) is 5.75 Å². The van der Waals surface area contributed by atoms with Gasteiger partial charge in [0.05, 0.1) is 12.4 Å². The lowest BCUT2D eigenvalue weighted by atomic mass is 9.88. The fourth-order valence-electron chi connectivity index (χ4n) is 1.65. The molecular weight excluding hydrogens is 304 g/mol. The maximum atomic E-state index is 7.53. The minimum absolute atomic E-state index is 0.205. The molecule has 0 saturated carbocycles. The van der Waals surface area contributed by atoms with Crippen molar-refractivity contribution < 1.29 is 4.74 Å². The third kappa shape index (κ3) is 4.53. The molecule has 4 heteroatoms. The summed E-state index contributed by atoms with van der Waals surface area (Å²) in [7, 11) is 0. The fourth-order valence-corrected chi connectivity index (χ4v) is 2.03. The third-order valence-electron chi connectivity index (χ3n) is 3.31. The van der Waals surface area contributed by atoms with Crippen molar-refractivity contribution in [3.63, 3.8) is 0 Å². The van der Waals surface area contributed by atoms with Crippen LogP contribution in [0.15, 0.2) is 22.7 Å². The van der Waals surface area contributed by atoms with E-state index in [0.717, 1.165) is 16.6 Å². The minimum Gasteiger partial charge on any atom is -0.493 e. The van der Waals surface area contributed by atoms with Crippen LogP contribution in [0.5, 0.6) is 5.75 Å². The zero-order chi connectivity index (χ0) is 14.6. The molecule has 3 N–H and O–H groups in total. The Hall–Kier alpha value is -1.03. The fraction of sp³-hybridized carbons (Fsp3) is 0.533. The van der Waals surface area contributed by atoms with E-state index in [2.05, 4.69) is 35.8 Å². The number of hydrogen-bond acceptors (Lipinski definition) is 2. The van der Waals surface area contributed by atoms with Crippen LogP contribution < -0.4 is 10.5 Å². The predicted octanol–water partition coefficient (Wildman–Crippen LogP) is 4.30. The molecule has 0 aliphatic heterocycles. The monoisotopic (exact) mass is 326 g/mol. The molecule has 1 aromatic carbocycles. The van der Waals surface area contributed by atoms with Crippen molar-refractivity contribution in [2.24, 2.45) is 11.1 Å². The molecule has 0 aromatic heterocycles. The van der Waals surface area contributed by atoms with Crippen molar-refractivity contribution >= 4 is 21.8 Å². The van der Waals surface area contributed by atoms with Crippen LogP contribution in [-0.4, -0.2) is 12.4 Å². The highest BCUT2D eigenvalue weighted by molar-refractivity contribution is 9.10. The molecule has 0 aliphatic carbocycles.